The third-order valence-electron chi connectivity index (χ3n) is 3.92. The van der Waals surface area contributed by atoms with Crippen molar-refractivity contribution in [2.75, 3.05) is 13.1 Å². The second kappa shape index (κ2) is 6.11. The van der Waals surface area contributed by atoms with Gasteiger partial charge in [-0.05, 0) is 33.1 Å². The maximum absolute atomic E-state index is 12.6. The largest absolute Gasteiger partial charge is 0.479 e. The molecule has 2 amide bonds. The molecule has 1 fully saturated rings. The molecule has 1 atom stereocenters. The molecule has 0 bridgehead atoms. The van der Waals surface area contributed by atoms with E-state index in [-0.39, 0.29) is 19.4 Å². The van der Waals surface area contributed by atoms with Gasteiger partial charge in [0.05, 0.1) is 0 Å². The Morgan fingerprint density at radius 1 is 1.38 bits per heavy atom. The average Bonchev–Trinajstić information content (AvgIpc) is 2.78. The van der Waals surface area contributed by atoms with Gasteiger partial charge in [-0.15, -0.1) is 0 Å². The van der Waals surface area contributed by atoms with Crippen LogP contribution in [0.5, 0.6) is 0 Å². The Balaban J connectivity index is 3.05. The van der Waals surface area contributed by atoms with Crippen LogP contribution in [0.4, 0.5) is 18.0 Å². The summed E-state index contributed by atoms with van der Waals surface area (Å²) < 4.78 is 37.9. The minimum atomic E-state index is -4.52. The molecule has 8 heteroatoms. The molecule has 0 spiro atoms. The van der Waals surface area contributed by atoms with E-state index in [2.05, 4.69) is 0 Å². The number of rotatable bonds is 4. The van der Waals surface area contributed by atoms with E-state index in [0.29, 0.717) is 11.3 Å². The van der Waals surface area contributed by atoms with Crippen molar-refractivity contribution in [2.45, 2.75) is 57.8 Å². The zero-order valence-electron chi connectivity index (χ0n) is 12.4. The van der Waals surface area contributed by atoms with Crippen LogP contribution in [0.3, 0.4) is 0 Å². The highest BCUT2D eigenvalue weighted by Crippen LogP contribution is 2.34. The summed E-state index contributed by atoms with van der Waals surface area (Å²) in [6.07, 6.45) is -3.60. The molecule has 0 aromatic heterocycles. The smallest absolute Gasteiger partial charge is 0.406 e. The molecule has 0 aromatic carbocycles. The van der Waals surface area contributed by atoms with E-state index in [1.165, 1.54) is 13.8 Å². The lowest BCUT2D eigenvalue weighted by atomic mass is 9.93. The summed E-state index contributed by atoms with van der Waals surface area (Å²) >= 11 is 0. The van der Waals surface area contributed by atoms with Crippen LogP contribution in [0, 0.1) is 0 Å². The van der Waals surface area contributed by atoms with Gasteiger partial charge in [-0.25, -0.2) is 9.59 Å². The summed E-state index contributed by atoms with van der Waals surface area (Å²) in [7, 11) is 0. The number of likely N-dealkylation sites (tertiary alicyclic amines) is 1. The summed E-state index contributed by atoms with van der Waals surface area (Å²) in [6.45, 7) is 3.38. The predicted octanol–water partition coefficient (Wildman–Crippen LogP) is 2.71. The van der Waals surface area contributed by atoms with Gasteiger partial charge in [-0.1, -0.05) is 6.92 Å². The highest BCUT2D eigenvalue weighted by atomic mass is 19.4. The molecule has 0 aliphatic carbocycles. The molecule has 1 aliphatic heterocycles. The molecule has 1 unspecified atom stereocenters. The second-order valence-electron chi connectivity index (χ2n) is 5.56. The molecule has 21 heavy (non-hydrogen) atoms. The number of hydrogen-bond donors (Lipinski definition) is 1. The number of aliphatic carboxylic acids is 1. The molecular formula is C13H21F3N2O3. The van der Waals surface area contributed by atoms with E-state index >= 15 is 0 Å². The first-order valence-corrected chi connectivity index (χ1v) is 6.93. The molecule has 1 saturated heterocycles. The first kappa shape index (κ1) is 17.6. The van der Waals surface area contributed by atoms with Crippen molar-refractivity contribution in [2.24, 2.45) is 0 Å². The molecule has 5 nitrogen and oxygen atoms in total. The number of carboxylic acid groups (broad SMARTS) is 1. The Hall–Kier alpha value is -1.47. The second-order valence-corrected chi connectivity index (χ2v) is 5.56. The number of amides is 2. The van der Waals surface area contributed by atoms with Crippen LogP contribution in [-0.2, 0) is 4.79 Å². The van der Waals surface area contributed by atoms with Crippen LogP contribution in [0.25, 0.3) is 0 Å². The lowest BCUT2D eigenvalue weighted by Crippen LogP contribution is -2.58. The fourth-order valence-electron chi connectivity index (χ4n) is 2.72. The van der Waals surface area contributed by atoms with E-state index in [4.69, 9.17) is 0 Å². The number of urea groups is 1. The topological polar surface area (TPSA) is 60.9 Å². The molecule has 122 valence electrons. The van der Waals surface area contributed by atoms with Crippen LogP contribution >= 0.6 is 0 Å². The van der Waals surface area contributed by atoms with Crippen LogP contribution in [0.2, 0.25) is 0 Å². The molecule has 1 N–H and O–H groups in total. The number of halogens is 3. The van der Waals surface area contributed by atoms with Crippen molar-refractivity contribution in [1.29, 1.82) is 0 Å². The van der Waals surface area contributed by atoms with E-state index in [1.807, 2.05) is 0 Å². The molecule has 1 heterocycles. The number of hydrogen-bond acceptors (Lipinski definition) is 2. The van der Waals surface area contributed by atoms with Gasteiger partial charge >= 0.3 is 18.2 Å². The van der Waals surface area contributed by atoms with E-state index in [1.54, 1.807) is 6.92 Å². The van der Waals surface area contributed by atoms with Gasteiger partial charge in [0.15, 0.2) is 0 Å². The molecule has 0 aromatic rings. The highest BCUT2D eigenvalue weighted by Gasteiger charge is 2.50. The standard InChI is InChI=1S/C13H21F3N2O3/c1-4-12(10(19)20)6-5-7-18(12)11(21)17(9(2)3)8-13(14,15)16/h9H,4-8H2,1-3H3,(H,19,20). The third kappa shape index (κ3) is 3.59. The van der Waals surface area contributed by atoms with Gasteiger partial charge in [0, 0.05) is 12.6 Å². The van der Waals surface area contributed by atoms with Gasteiger partial charge in [-0.2, -0.15) is 13.2 Å². The van der Waals surface area contributed by atoms with Gasteiger partial charge in [0.1, 0.15) is 12.1 Å². The average molecular weight is 310 g/mol. The SMILES string of the molecule is CCC1(C(=O)O)CCCN1C(=O)N(CC(F)(F)F)C(C)C. The minimum Gasteiger partial charge on any atom is -0.479 e. The van der Waals surface area contributed by atoms with Crippen molar-refractivity contribution < 1.29 is 27.9 Å². The van der Waals surface area contributed by atoms with Crippen molar-refractivity contribution in [3.63, 3.8) is 0 Å². The summed E-state index contributed by atoms with van der Waals surface area (Å²) in [5, 5.41) is 9.40. The number of carbonyl (C=O) groups is 2. The molecule has 0 radical (unpaired) electrons. The Morgan fingerprint density at radius 3 is 2.33 bits per heavy atom. The lowest BCUT2D eigenvalue weighted by Gasteiger charge is -2.39. The maximum Gasteiger partial charge on any atom is 0.406 e. The van der Waals surface area contributed by atoms with Crippen molar-refractivity contribution >= 4 is 12.0 Å². The van der Waals surface area contributed by atoms with Crippen LogP contribution in [0.15, 0.2) is 0 Å². The summed E-state index contributed by atoms with van der Waals surface area (Å²) in [5.74, 6) is -1.16. The monoisotopic (exact) mass is 310 g/mol. The van der Waals surface area contributed by atoms with Crippen LogP contribution in [0.1, 0.15) is 40.0 Å². The normalized spacial score (nSPS) is 22.7. The quantitative estimate of drug-likeness (QED) is 0.868. The fourth-order valence-corrected chi connectivity index (χ4v) is 2.72. The summed E-state index contributed by atoms with van der Waals surface area (Å²) in [4.78, 5) is 25.7. The summed E-state index contributed by atoms with van der Waals surface area (Å²) in [6, 6.07) is -1.52. The molecule has 1 rings (SSSR count). The van der Waals surface area contributed by atoms with Crippen LogP contribution in [-0.4, -0.2) is 57.8 Å². The Morgan fingerprint density at radius 2 is 1.95 bits per heavy atom. The first-order chi connectivity index (χ1) is 9.55. The van der Waals surface area contributed by atoms with Crippen molar-refractivity contribution in [3.05, 3.63) is 0 Å². The summed E-state index contributed by atoms with van der Waals surface area (Å²) in [5.41, 5.74) is -1.39. The molecule has 1 aliphatic rings. The maximum atomic E-state index is 12.6. The van der Waals surface area contributed by atoms with Crippen molar-refractivity contribution in [3.8, 4) is 0 Å². The number of alkyl halides is 3. The first-order valence-electron chi connectivity index (χ1n) is 6.93. The lowest BCUT2D eigenvalue weighted by molar-refractivity contribution is -0.151. The fraction of sp³-hybridized carbons (Fsp3) is 0.846. The van der Waals surface area contributed by atoms with Crippen LogP contribution < -0.4 is 0 Å². The zero-order valence-corrected chi connectivity index (χ0v) is 12.4. The Labute approximate surface area is 121 Å². The predicted molar refractivity (Wildman–Crippen MR) is 69.9 cm³/mol. The number of carboxylic acids is 1. The van der Waals surface area contributed by atoms with Crippen molar-refractivity contribution in [1.82, 2.24) is 9.80 Å². The number of carbonyl (C=O) groups excluding carboxylic acids is 1. The third-order valence-corrected chi connectivity index (χ3v) is 3.92. The molecule has 0 saturated carbocycles. The highest BCUT2D eigenvalue weighted by molar-refractivity contribution is 5.87. The van der Waals surface area contributed by atoms with Gasteiger partial charge in [-0.3, -0.25) is 0 Å². The van der Waals surface area contributed by atoms with Gasteiger partial charge in [0.2, 0.25) is 0 Å². The van der Waals surface area contributed by atoms with E-state index in [9.17, 15) is 27.9 Å². The Bertz CT molecular complexity index is 412. The Kier molecular flexibility index (Phi) is 5.11. The zero-order chi connectivity index (χ0) is 16.4. The van der Waals surface area contributed by atoms with E-state index < -0.39 is 36.3 Å². The van der Waals surface area contributed by atoms with E-state index in [0.717, 1.165) is 4.90 Å². The van der Waals surface area contributed by atoms with Gasteiger partial charge in [0.25, 0.3) is 0 Å². The minimum absolute atomic E-state index is 0.167. The molecular weight excluding hydrogens is 289 g/mol. The number of nitrogens with zero attached hydrogens (tertiary/aromatic N) is 2. The van der Waals surface area contributed by atoms with Gasteiger partial charge < -0.3 is 14.9 Å².